The second-order valence-electron chi connectivity index (χ2n) is 34.6. The zero-order valence-corrected chi connectivity index (χ0v) is 74.0. The minimum Gasteiger partial charge on any atom is -0.477 e. The summed E-state index contributed by atoms with van der Waals surface area (Å²) in [7, 11) is 0. The van der Waals surface area contributed by atoms with E-state index in [2.05, 4.69) is 41.9 Å². The van der Waals surface area contributed by atoms with Gasteiger partial charge < -0.3 is 175 Å². The Morgan fingerprint density at radius 1 is 0.421 bits per heavy atom. The first-order chi connectivity index (χ1) is 60.5. The van der Waals surface area contributed by atoms with Crippen LogP contribution in [-0.4, -0.2) is 374 Å². The zero-order valence-electron chi connectivity index (χ0n) is 74.0. The van der Waals surface area contributed by atoms with Gasteiger partial charge >= 0.3 is 5.97 Å². The maximum atomic E-state index is 13.6. The van der Waals surface area contributed by atoms with E-state index in [4.69, 9.17) is 56.8 Å². The number of hydrogen-bond donors (Lipinski definition) is 23. The molecular formula is C87H155N3O36. The van der Waals surface area contributed by atoms with Gasteiger partial charge in [-0.25, -0.2) is 4.79 Å². The fraction of sp³-hybridized carbons (Fsp3) is 0.908. The van der Waals surface area contributed by atoms with Crippen molar-refractivity contribution < 1.29 is 178 Å². The van der Waals surface area contributed by atoms with Crippen molar-refractivity contribution >= 4 is 23.7 Å². The maximum absolute atomic E-state index is 13.6. The molecule has 33 atom stereocenters. The average molecular weight is 1820 g/mol. The number of aliphatic hydroxyl groups excluding tert-OH is 19. The highest BCUT2D eigenvalue weighted by molar-refractivity contribution is 5.77. The number of rotatable bonds is 62. The van der Waals surface area contributed by atoms with Crippen LogP contribution >= 0.6 is 0 Å². The minimum atomic E-state index is -3.03. The third-order valence-corrected chi connectivity index (χ3v) is 24.4. The molecule has 6 aliphatic heterocycles. The lowest BCUT2D eigenvalue weighted by Crippen LogP contribution is -2.70. The van der Waals surface area contributed by atoms with E-state index in [-0.39, 0.29) is 12.3 Å². The molecule has 0 aromatic heterocycles. The van der Waals surface area contributed by atoms with Crippen LogP contribution in [0.25, 0.3) is 0 Å². The van der Waals surface area contributed by atoms with E-state index in [9.17, 15) is 121 Å². The molecule has 0 aromatic rings. The van der Waals surface area contributed by atoms with Crippen LogP contribution in [0.5, 0.6) is 0 Å². The zero-order chi connectivity index (χ0) is 92.4. The van der Waals surface area contributed by atoms with E-state index in [0.29, 0.717) is 12.8 Å². The van der Waals surface area contributed by atoms with E-state index < -0.39 is 272 Å². The first kappa shape index (κ1) is 111. The Labute approximate surface area is 739 Å². The number of ether oxygens (including phenoxy) is 12. The molecule has 0 aliphatic carbocycles. The molecule has 0 radical (unpaired) electrons. The molecule has 23 N–H and O–H groups in total. The van der Waals surface area contributed by atoms with Gasteiger partial charge in [0.25, 0.3) is 5.79 Å². The molecule has 39 nitrogen and oxygen atoms in total. The number of carbonyl (C=O) groups excluding carboxylic acids is 3. The molecule has 12 unspecified atom stereocenters. The summed E-state index contributed by atoms with van der Waals surface area (Å²) >= 11 is 0. The van der Waals surface area contributed by atoms with E-state index in [1.165, 1.54) is 148 Å². The molecule has 39 heteroatoms. The largest absolute Gasteiger partial charge is 0.477 e. The molecule has 3 amide bonds. The smallest absolute Gasteiger partial charge is 0.364 e. The molecule has 6 fully saturated rings. The lowest BCUT2D eigenvalue weighted by molar-refractivity contribution is -0.390. The number of allylic oxidation sites excluding steroid dienone is 3. The van der Waals surface area contributed by atoms with Crippen molar-refractivity contribution in [3.05, 3.63) is 24.3 Å². The van der Waals surface area contributed by atoms with Gasteiger partial charge in [-0.1, -0.05) is 205 Å². The predicted molar refractivity (Wildman–Crippen MR) is 448 cm³/mol. The summed E-state index contributed by atoms with van der Waals surface area (Å²) in [6.45, 7) is -0.577. The third-order valence-electron chi connectivity index (χ3n) is 24.4. The first-order valence-electron chi connectivity index (χ1n) is 46.2. The van der Waals surface area contributed by atoms with Gasteiger partial charge in [-0.15, -0.1) is 0 Å². The lowest BCUT2D eigenvalue weighted by atomic mass is 9.88. The van der Waals surface area contributed by atoms with Gasteiger partial charge in [0.05, 0.1) is 70.5 Å². The van der Waals surface area contributed by atoms with Gasteiger partial charge in [-0.3, -0.25) is 14.4 Å². The summed E-state index contributed by atoms with van der Waals surface area (Å²) in [6, 6.07) is -4.65. The Morgan fingerprint density at radius 3 is 1.27 bits per heavy atom. The van der Waals surface area contributed by atoms with Crippen LogP contribution in [0, 0.1) is 0 Å². The van der Waals surface area contributed by atoms with Crippen molar-refractivity contribution in [3.8, 4) is 0 Å². The number of aliphatic carboxylic acids is 1. The number of carboxylic acids is 1. The van der Waals surface area contributed by atoms with Crippen LogP contribution in [-0.2, 0) is 76.0 Å². The van der Waals surface area contributed by atoms with E-state index in [1.54, 1.807) is 6.08 Å². The molecule has 0 bridgehead atoms. The standard InChI is InChI=1S/C87H155N3O36/c1-5-7-9-11-13-15-17-19-20-21-22-23-24-25-26-27-28-30-32-34-36-38-40-42-62(101)90-53(54(98)41-39-37-35-33-31-29-18-16-14-12-10-8-6-2)49-115-82-73(110)71(108)76(60(48-95)120-82)122-84-75(112)80(69(106)59(47-94)118-84)125-85-74(111)79(68(105)58(46-93)119-85)124-81-64(89-52(4)97)77(67(104)57(45-92)117-81)123-83-72(109)70(107)66(103)61(121-83)50-116-87(86(113)114)43-55(99)63(88-51(3)96)78(126-87)65(102)56(100)44-91/h19-20,39,41,53-61,63-85,91-95,98-100,102-112H,5-18,21-38,40,42-50H2,1-4H3,(H,88,96)(H,89,97)(H,90,101)(H,113,114)/b20-19-,41-39+/t53-,54+,55?,56+,57?,58?,59?,60?,61?,63+,64?,65+,66-,67-,68-,69-,70-,71+,72?,73?,74?,75?,76+,77+,78?,79-,80-,81-,82+,83-,84-,85+,87+/m0/s1. The minimum absolute atomic E-state index is 0.157. The van der Waals surface area contributed by atoms with E-state index >= 15 is 0 Å². The number of amides is 3. The predicted octanol–water partition coefficient (Wildman–Crippen LogP) is -0.321. The Kier molecular flexibility index (Phi) is 52.5. The van der Waals surface area contributed by atoms with Crippen LogP contribution in [0.3, 0.4) is 0 Å². The van der Waals surface area contributed by atoms with Crippen LogP contribution in [0.4, 0.5) is 0 Å². The first-order valence-corrected chi connectivity index (χ1v) is 46.2. The molecule has 6 heterocycles. The van der Waals surface area contributed by atoms with E-state index in [0.717, 1.165) is 65.2 Å². The van der Waals surface area contributed by atoms with Crippen molar-refractivity contribution in [2.24, 2.45) is 0 Å². The molecule has 734 valence electrons. The summed E-state index contributed by atoms with van der Waals surface area (Å²) in [5, 5.41) is 231. The number of nitrogens with one attached hydrogen (secondary N) is 3. The molecule has 0 spiro atoms. The SMILES string of the molecule is CCCCCCCC/C=C\CCCCCCCCCCCCCCCC(=O)N[C@@H](CO[C@@H]1OC(CO)[C@@H](O[C@@H]2OC(CO)[C@H](O)[C@H](O[C@H]3OC(CO)[C@H](O)[C@H](O[C@@H]4OC(CO)[C@H](O)[C@H](O[C@@H]5OC(CO[C@]6(C(=O)O)CC(O)[C@@H](NC(C)=O)C([C@H](O)[C@H](O)CO)O6)[C@H](O)[C@H](O)C5O)C4NC(C)=O)C3O)C2O)[C@H](O)C1O)[C@H](O)/C=C/CCCCCCCCCCCCC. The third kappa shape index (κ3) is 34.9. The van der Waals surface area contributed by atoms with Gasteiger partial charge in [-0.2, -0.15) is 0 Å². The molecule has 6 rings (SSSR count). The summed E-state index contributed by atoms with van der Waals surface area (Å²) in [4.78, 5) is 51.8. The molecule has 6 saturated heterocycles. The highest BCUT2D eigenvalue weighted by Crippen LogP contribution is 2.39. The second kappa shape index (κ2) is 59.7. The van der Waals surface area contributed by atoms with Gasteiger partial charge in [0, 0.05) is 26.7 Å². The number of carboxylic acid groups (broad SMARTS) is 1. The summed E-state index contributed by atoms with van der Waals surface area (Å²) < 4.78 is 70.6. The summed E-state index contributed by atoms with van der Waals surface area (Å²) in [5.74, 6) is -7.14. The topological polar surface area (TPSA) is 620 Å². The van der Waals surface area contributed by atoms with Gasteiger partial charge in [-0.05, 0) is 44.9 Å². The van der Waals surface area contributed by atoms with Gasteiger partial charge in [0.2, 0.25) is 17.7 Å². The number of carbonyl (C=O) groups is 4. The lowest BCUT2D eigenvalue weighted by Gasteiger charge is -2.50. The van der Waals surface area contributed by atoms with Crippen LogP contribution in [0.2, 0.25) is 0 Å². The maximum Gasteiger partial charge on any atom is 0.364 e. The van der Waals surface area contributed by atoms with Crippen molar-refractivity contribution in [2.75, 3.05) is 46.2 Å². The number of hydrogen-bond acceptors (Lipinski definition) is 35. The highest BCUT2D eigenvalue weighted by Gasteiger charge is 2.60. The molecule has 126 heavy (non-hydrogen) atoms. The molecule has 0 saturated carbocycles. The summed E-state index contributed by atoms with van der Waals surface area (Å²) in [6.07, 6.45) is -13.6. The quantitative estimate of drug-likeness (QED) is 0.0274. The molecule has 0 aromatic carbocycles. The van der Waals surface area contributed by atoms with Crippen LogP contribution in [0.15, 0.2) is 24.3 Å². The van der Waals surface area contributed by atoms with Gasteiger partial charge in [0.1, 0.15) is 140 Å². The average Bonchev–Trinajstić information content (AvgIpc) is 0.768. The van der Waals surface area contributed by atoms with Crippen molar-refractivity contribution in [3.63, 3.8) is 0 Å². The van der Waals surface area contributed by atoms with Crippen LogP contribution in [0.1, 0.15) is 252 Å². The van der Waals surface area contributed by atoms with Crippen molar-refractivity contribution in [1.82, 2.24) is 16.0 Å². The number of aliphatic hydroxyl groups is 19. The fourth-order valence-electron chi connectivity index (χ4n) is 16.8. The Hall–Kier alpha value is -3.88. The highest BCUT2D eigenvalue weighted by atomic mass is 16.8. The van der Waals surface area contributed by atoms with Crippen molar-refractivity contribution in [2.45, 2.75) is 454 Å². The Balaban J connectivity index is 1.07. The van der Waals surface area contributed by atoms with Crippen molar-refractivity contribution in [1.29, 1.82) is 0 Å². The Bertz CT molecular complexity index is 3030. The Morgan fingerprint density at radius 2 is 0.810 bits per heavy atom. The summed E-state index contributed by atoms with van der Waals surface area (Å²) in [5.41, 5.74) is 0. The monoisotopic (exact) mass is 1820 g/mol. The molecular weight excluding hydrogens is 1660 g/mol. The van der Waals surface area contributed by atoms with E-state index in [1.807, 2.05) is 6.08 Å². The second-order valence-corrected chi connectivity index (χ2v) is 34.6. The van der Waals surface area contributed by atoms with Crippen LogP contribution < -0.4 is 16.0 Å². The van der Waals surface area contributed by atoms with Gasteiger partial charge in [0.15, 0.2) is 31.5 Å². The fourth-order valence-corrected chi connectivity index (χ4v) is 16.8. The molecule has 6 aliphatic rings. The number of unbranched alkanes of at least 4 members (excludes halogenated alkanes) is 30. The normalized spacial score (nSPS) is 34.9.